The average molecular weight is 230 g/mol. The molecule has 92 valence electrons. The molecule has 2 heteroatoms. The van der Waals surface area contributed by atoms with Crippen molar-refractivity contribution in [1.29, 1.82) is 0 Å². The van der Waals surface area contributed by atoms with Crippen molar-refractivity contribution in [2.45, 2.75) is 31.7 Å². The van der Waals surface area contributed by atoms with Crippen LogP contribution in [0.3, 0.4) is 0 Å². The molecule has 3 rings (SSSR count). The minimum absolute atomic E-state index is 0.729. The Hall–Kier alpha value is -0.860. The first-order valence-electron chi connectivity index (χ1n) is 6.87. The summed E-state index contributed by atoms with van der Waals surface area (Å²) in [6.07, 6.45) is 5.14. The molecule has 0 radical (unpaired) electrons. The normalized spacial score (nSPS) is 26.1. The first-order valence-corrected chi connectivity index (χ1v) is 6.87. The summed E-state index contributed by atoms with van der Waals surface area (Å²) in [7, 11) is 0. The van der Waals surface area contributed by atoms with Gasteiger partial charge < -0.3 is 5.73 Å². The van der Waals surface area contributed by atoms with Gasteiger partial charge in [0.15, 0.2) is 0 Å². The summed E-state index contributed by atoms with van der Waals surface area (Å²) in [6, 6.07) is 9.65. The number of rotatable bonds is 2. The molecular weight excluding hydrogens is 208 g/mol. The van der Waals surface area contributed by atoms with Crippen molar-refractivity contribution < 1.29 is 0 Å². The van der Waals surface area contributed by atoms with Crippen LogP contribution in [0.25, 0.3) is 0 Å². The quantitative estimate of drug-likeness (QED) is 0.840. The summed E-state index contributed by atoms with van der Waals surface area (Å²) in [4.78, 5) is 2.68. The number of nitrogens with zero attached hydrogens (tertiary/aromatic N) is 1. The third-order valence-corrected chi connectivity index (χ3v) is 4.43. The fraction of sp³-hybridized carbons (Fsp3) is 0.600. The lowest BCUT2D eigenvalue weighted by Crippen LogP contribution is -2.44. The second kappa shape index (κ2) is 4.79. The van der Waals surface area contributed by atoms with E-state index in [-0.39, 0.29) is 0 Å². The second-order valence-electron chi connectivity index (χ2n) is 5.57. The van der Waals surface area contributed by atoms with Crippen LogP contribution in [0.4, 0.5) is 0 Å². The molecule has 0 bridgehead atoms. The number of piperidine rings is 1. The van der Waals surface area contributed by atoms with E-state index in [1.165, 1.54) is 38.8 Å². The van der Waals surface area contributed by atoms with Gasteiger partial charge in [-0.05, 0) is 55.8 Å². The smallest absolute Gasteiger partial charge is 0.0176 e. The van der Waals surface area contributed by atoms with E-state index < -0.39 is 0 Å². The molecule has 1 heterocycles. The topological polar surface area (TPSA) is 29.3 Å². The van der Waals surface area contributed by atoms with Gasteiger partial charge in [0.05, 0.1) is 0 Å². The van der Waals surface area contributed by atoms with Crippen LogP contribution in [0.5, 0.6) is 0 Å². The lowest BCUT2D eigenvalue weighted by molar-refractivity contribution is 0.129. The Labute approximate surface area is 104 Å². The molecule has 0 amide bonds. The largest absolute Gasteiger partial charge is 0.330 e. The molecule has 2 nitrogen and oxygen atoms in total. The molecule has 1 aromatic carbocycles. The Morgan fingerprint density at radius 3 is 2.53 bits per heavy atom. The maximum Gasteiger partial charge on any atom is 0.0176 e. The molecule has 0 saturated carbocycles. The molecule has 0 unspecified atom stereocenters. The molecule has 1 aliphatic heterocycles. The number of nitrogens with two attached hydrogens (primary N) is 1. The minimum Gasteiger partial charge on any atom is -0.330 e. The molecule has 1 fully saturated rings. The van der Waals surface area contributed by atoms with Crippen LogP contribution >= 0.6 is 0 Å². The van der Waals surface area contributed by atoms with Crippen molar-refractivity contribution in [2.24, 2.45) is 11.7 Å². The third-order valence-electron chi connectivity index (χ3n) is 4.43. The van der Waals surface area contributed by atoms with Gasteiger partial charge in [-0.15, -0.1) is 0 Å². The van der Waals surface area contributed by atoms with Gasteiger partial charge in [-0.2, -0.15) is 0 Å². The maximum atomic E-state index is 5.82. The predicted molar refractivity (Wildman–Crippen MR) is 71.0 cm³/mol. The van der Waals surface area contributed by atoms with Crippen molar-refractivity contribution in [3.05, 3.63) is 35.4 Å². The molecule has 1 atom stereocenters. The Kier molecular flexibility index (Phi) is 3.17. The van der Waals surface area contributed by atoms with E-state index in [0.29, 0.717) is 0 Å². The van der Waals surface area contributed by atoms with Gasteiger partial charge in [-0.3, -0.25) is 4.90 Å². The van der Waals surface area contributed by atoms with E-state index in [1.807, 2.05) is 0 Å². The SMILES string of the molecule is NC[C@@H]1CCCN(C2Cc3ccccc3C2)C1. The van der Waals surface area contributed by atoms with Gasteiger partial charge >= 0.3 is 0 Å². The lowest BCUT2D eigenvalue weighted by atomic mass is 9.96. The van der Waals surface area contributed by atoms with Crippen LogP contribution in [0.1, 0.15) is 24.0 Å². The molecule has 0 aromatic heterocycles. The van der Waals surface area contributed by atoms with Gasteiger partial charge in [0, 0.05) is 12.6 Å². The van der Waals surface area contributed by atoms with Gasteiger partial charge in [0.1, 0.15) is 0 Å². The number of benzene rings is 1. The predicted octanol–water partition coefficient (Wildman–Crippen LogP) is 1.82. The number of fused-ring (bicyclic) bond motifs is 1. The van der Waals surface area contributed by atoms with Gasteiger partial charge in [0.2, 0.25) is 0 Å². The van der Waals surface area contributed by atoms with Crippen LogP contribution in [0.2, 0.25) is 0 Å². The average Bonchev–Trinajstić information content (AvgIpc) is 2.82. The summed E-state index contributed by atoms with van der Waals surface area (Å²) < 4.78 is 0. The highest BCUT2D eigenvalue weighted by atomic mass is 15.2. The fourth-order valence-electron chi connectivity index (χ4n) is 3.42. The van der Waals surface area contributed by atoms with Crippen molar-refractivity contribution in [3.8, 4) is 0 Å². The standard InChI is InChI=1S/C15H22N2/c16-10-12-4-3-7-17(11-12)15-8-13-5-1-2-6-14(13)9-15/h1-2,5-6,12,15H,3-4,7-11,16H2/t12-/m0/s1. The molecular formula is C15H22N2. The van der Waals surface area contributed by atoms with Crippen molar-refractivity contribution in [3.63, 3.8) is 0 Å². The van der Waals surface area contributed by atoms with Crippen LogP contribution in [-0.4, -0.2) is 30.6 Å². The maximum absolute atomic E-state index is 5.82. The van der Waals surface area contributed by atoms with Crippen LogP contribution < -0.4 is 5.73 Å². The van der Waals surface area contributed by atoms with Crippen molar-refractivity contribution in [1.82, 2.24) is 4.90 Å². The van der Waals surface area contributed by atoms with E-state index in [4.69, 9.17) is 5.73 Å². The highest BCUT2D eigenvalue weighted by Gasteiger charge is 2.29. The monoisotopic (exact) mass is 230 g/mol. The zero-order chi connectivity index (χ0) is 11.7. The zero-order valence-corrected chi connectivity index (χ0v) is 10.4. The number of likely N-dealkylation sites (tertiary alicyclic amines) is 1. The van der Waals surface area contributed by atoms with Gasteiger partial charge in [0.25, 0.3) is 0 Å². The van der Waals surface area contributed by atoms with E-state index in [1.54, 1.807) is 11.1 Å². The molecule has 17 heavy (non-hydrogen) atoms. The van der Waals surface area contributed by atoms with E-state index >= 15 is 0 Å². The summed E-state index contributed by atoms with van der Waals surface area (Å²) in [6.45, 7) is 3.35. The minimum atomic E-state index is 0.729. The Morgan fingerprint density at radius 1 is 1.18 bits per heavy atom. The van der Waals surface area contributed by atoms with Gasteiger partial charge in [-0.25, -0.2) is 0 Å². The molecule has 1 aliphatic carbocycles. The van der Waals surface area contributed by atoms with Crippen molar-refractivity contribution in [2.75, 3.05) is 19.6 Å². The molecule has 2 aliphatic rings. The molecule has 1 aromatic rings. The Bertz CT molecular complexity index is 363. The van der Waals surface area contributed by atoms with Crippen LogP contribution in [0.15, 0.2) is 24.3 Å². The van der Waals surface area contributed by atoms with Crippen LogP contribution in [-0.2, 0) is 12.8 Å². The van der Waals surface area contributed by atoms with Gasteiger partial charge in [-0.1, -0.05) is 24.3 Å². The Balaban J connectivity index is 1.68. The van der Waals surface area contributed by atoms with E-state index in [0.717, 1.165) is 18.5 Å². The summed E-state index contributed by atoms with van der Waals surface area (Å²) in [5.41, 5.74) is 8.95. The summed E-state index contributed by atoms with van der Waals surface area (Å²) in [5, 5.41) is 0. The van der Waals surface area contributed by atoms with E-state index in [9.17, 15) is 0 Å². The highest BCUT2D eigenvalue weighted by Crippen LogP contribution is 2.28. The second-order valence-corrected chi connectivity index (χ2v) is 5.57. The first kappa shape index (κ1) is 11.2. The highest BCUT2D eigenvalue weighted by molar-refractivity contribution is 5.33. The lowest BCUT2D eigenvalue weighted by Gasteiger charge is -2.36. The zero-order valence-electron chi connectivity index (χ0n) is 10.4. The molecule has 0 spiro atoms. The van der Waals surface area contributed by atoms with Crippen LogP contribution in [0, 0.1) is 5.92 Å². The van der Waals surface area contributed by atoms with Crippen molar-refractivity contribution >= 4 is 0 Å². The Morgan fingerprint density at radius 2 is 1.88 bits per heavy atom. The number of hydrogen-bond donors (Lipinski definition) is 1. The summed E-state index contributed by atoms with van der Waals surface area (Å²) in [5.74, 6) is 0.729. The third kappa shape index (κ3) is 2.24. The first-order chi connectivity index (χ1) is 8.36. The van der Waals surface area contributed by atoms with E-state index in [2.05, 4.69) is 29.2 Å². The molecule has 2 N–H and O–H groups in total. The summed E-state index contributed by atoms with van der Waals surface area (Å²) >= 11 is 0. The molecule has 1 saturated heterocycles. The number of hydrogen-bond acceptors (Lipinski definition) is 2. The fourth-order valence-corrected chi connectivity index (χ4v) is 3.42.